The van der Waals surface area contributed by atoms with E-state index in [9.17, 15) is 9.59 Å². The van der Waals surface area contributed by atoms with Crippen LogP contribution in [0.25, 0.3) is 0 Å². The standard InChI is InChI=1S/C20H22BrNO5/c1-25-19(23)16-11-22(10-15-7-4-8-27-15)12-17(20(24)26-2)18(16)13-5-3-6-14(21)9-13/h3,5-6,9,11-12,15,18H,4,7-8,10H2,1-2H3. The molecule has 2 aliphatic rings. The van der Waals surface area contributed by atoms with E-state index in [0.717, 1.165) is 29.5 Å². The van der Waals surface area contributed by atoms with E-state index in [-0.39, 0.29) is 6.10 Å². The summed E-state index contributed by atoms with van der Waals surface area (Å²) in [5.41, 5.74) is 1.57. The van der Waals surface area contributed by atoms with Crippen LogP contribution in [0.5, 0.6) is 0 Å². The summed E-state index contributed by atoms with van der Waals surface area (Å²) in [6, 6.07) is 7.51. The first-order valence-corrected chi connectivity index (χ1v) is 9.55. The number of halogens is 1. The minimum Gasteiger partial charge on any atom is -0.466 e. The Morgan fingerprint density at radius 1 is 1.19 bits per heavy atom. The van der Waals surface area contributed by atoms with Crippen molar-refractivity contribution in [3.05, 3.63) is 57.8 Å². The van der Waals surface area contributed by atoms with Gasteiger partial charge in [0.25, 0.3) is 0 Å². The van der Waals surface area contributed by atoms with Gasteiger partial charge in [-0.15, -0.1) is 0 Å². The minimum atomic E-state index is -0.567. The third kappa shape index (κ3) is 4.42. The van der Waals surface area contributed by atoms with Crippen LogP contribution in [0.15, 0.2) is 52.3 Å². The Balaban J connectivity index is 2.03. The largest absolute Gasteiger partial charge is 0.466 e. The molecule has 144 valence electrons. The zero-order valence-corrected chi connectivity index (χ0v) is 16.9. The summed E-state index contributed by atoms with van der Waals surface area (Å²) in [6.45, 7) is 1.30. The lowest BCUT2D eigenvalue weighted by atomic mass is 9.83. The summed E-state index contributed by atoms with van der Waals surface area (Å²) < 4.78 is 16.5. The number of ether oxygens (including phenoxy) is 3. The molecule has 0 amide bonds. The maximum atomic E-state index is 12.5. The third-order valence-electron chi connectivity index (χ3n) is 4.69. The highest BCUT2D eigenvalue weighted by Crippen LogP contribution is 2.38. The summed E-state index contributed by atoms with van der Waals surface area (Å²) in [5, 5.41) is 0. The van der Waals surface area contributed by atoms with Crippen molar-refractivity contribution in [1.82, 2.24) is 4.90 Å². The van der Waals surface area contributed by atoms with Crippen molar-refractivity contribution in [2.45, 2.75) is 24.9 Å². The SMILES string of the molecule is COC(=O)C1=CN(CC2CCCO2)C=C(C(=O)OC)C1c1cccc(Br)c1. The number of hydrogen-bond acceptors (Lipinski definition) is 6. The lowest BCUT2D eigenvalue weighted by Crippen LogP contribution is -2.32. The number of rotatable bonds is 5. The molecule has 0 spiro atoms. The molecule has 0 aliphatic carbocycles. The van der Waals surface area contributed by atoms with Crippen molar-refractivity contribution < 1.29 is 23.8 Å². The average Bonchev–Trinajstić information content (AvgIpc) is 3.19. The molecule has 1 atom stereocenters. The van der Waals surface area contributed by atoms with E-state index in [1.807, 2.05) is 29.2 Å². The Labute approximate surface area is 166 Å². The second-order valence-electron chi connectivity index (χ2n) is 6.47. The van der Waals surface area contributed by atoms with Crippen molar-refractivity contribution in [3.8, 4) is 0 Å². The van der Waals surface area contributed by atoms with Crippen LogP contribution < -0.4 is 0 Å². The molecule has 27 heavy (non-hydrogen) atoms. The summed E-state index contributed by atoms with van der Waals surface area (Å²) in [6.07, 6.45) is 5.52. The fourth-order valence-corrected chi connectivity index (χ4v) is 3.88. The van der Waals surface area contributed by atoms with Crippen LogP contribution >= 0.6 is 15.9 Å². The minimum absolute atomic E-state index is 0.0673. The quantitative estimate of drug-likeness (QED) is 0.661. The van der Waals surface area contributed by atoms with Gasteiger partial charge in [0.2, 0.25) is 0 Å². The van der Waals surface area contributed by atoms with Gasteiger partial charge >= 0.3 is 11.9 Å². The number of nitrogens with zero attached hydrogens (tertiary/aromatic N) is 1. The van der Waals surface area contributed by atoms with Crippen molar-refractivity contribution in [3.63, 3.8) is 0 Å². The van der Waals surface area contributed by atoms with Crippen LogP contribution in [0.4, 0.5) is 0 Å². The molecular weight excluding hydrogens is 414 g/mol. The summed E-state index contributed by atoms with van der Waals surface area (Å²) >= 11 is 3.45. The number of benzene rings is 1. The van der Waals surface area contributed by atoms with E-state index >= 15 is 0 Å². The van der Waals surface area contributed by atoms with E-state index in [1.165, 1.54) is 14.2 Å². The van der Waals surface area contributed by atoms with Crippen molar-refractivity contribution in [1.29, 1.82) is 0 Å². The molecule has 0 bridgehead atoms. The van der Waals surface area contributed by atoms with E-state index in [2.05, 4.69) is 15.9 Å². The summed E-state index contributed by atoms with van der Waals surface area (Å²) in [7, 11) is 2.67. The topological polar surface area (TPSA) is 65.1 Å². The molecule has 2 heterocycles. The monoisotopic (exact) mass is 435 g/mol. The first kappa shape index (κ1) is 19.6. The molecule has 7 heteroatoms. The van der Waals surface area contributed by atoms with Crippen molar-refractivity contribution in [2.24, 2.45) is 0 Å². The molecule has 0 radical (unpaired) electrons. The Kier molecular flexibility index (Phi) is 6.34. The molecule has 0 aromatic heterocycles. The van der Waals surface area contributed by atoms with Crippen LogP contribution in [0, 0.1) is 0 Å². The Morgan fingerprint density at radius 2 is 1.85 bits per heavy atom. The first-order chi connectivity index (χ1) is 13.0. The molecule has 1 unspecified atom stereocenters. The van der Waals surface area contributed by atoms with E-state index in [4.69, 9.17) is 14.2 Å². The fourth-order valence-electron chi connectivity index (χ4n) is 3.46. The zero-order chi connectivity index (χ0) is 19.4. The molecule has 0 N–H and O–H groups in total. The van der Waals surface area contributed by atoms with Crippen molar-refractivity contribution in [2.75, 3.05) is 27.4 Å². The zero-order valence-electron chi connectivity index (χ0n) is 15.3. The number of carbonyl (C=O) groups excluding carboxylic acids is 2. The Bertz CT molecular complexity index is 748. The highest BCUT2D eigenvalue weighted by molar-refractivity contribution is 9.10. The number of carbonyl (C=O) groups is 2. The van der Waals surface area contributed by atoms with Gasteiger partial charge in [0.1, 0.15) is 0 Å². The van der Waals surface area contributed by atoms with Gasteiger partial charge in [-0.2, -0.15) is 0 Å². The van der Waals surface area contributed by atoms with Gasteiger partial charge in [-0.1, -0.05) is 28.1 Å². The molecule has 1 fully saturated rings. The van der Waals surface area contributed by atoms with Gasteiger partial charge in [0.15, 0.2) is 0 Å². The van der Waals surface area contributed by atoms with Crippen LogP contribution in [0.3, 0.4) is 0 Å². The molecule has 1 aromatic carbocycles. The predicted molar refractivity (Wildman–Crippen MR) is 103 cm³/mol. The first-order valence-electron chi connectivity index (χ1n) is 8.76. The Hall–Kier alpha value is -2.12. The van der Waals surface area contributed by atoms with Gasteiger partial charge in [0.05, 0.1) is 37.4 Å². The lowest BCUT2D eigenvalue weighted by molar-refractivity contribution is -0.137. The predicted octanol–water partition coefficient (Wildman–Crippen LogP) is 3.14. The van der Waals surface area contributed by atoms with Crippen LogP contribution in [-0.4, -0.2) is 50.3 Å². The second kappa shape index (κ2) is 8.71. The average molecular weight is 436 g/mol. The van der Waals surface area contributed by atoms with Crippen LogP contribution in [0.2, 0.25) is 0 Å². The maximum absolute atomic E-state index is 12.5. The molecule has 1 aromatic rings. The molecule has 2 aliphatic heterocycles. The number of methoxy groups -OCH3 is 2. The summed E-state index contributed by atoms with van der Waals surface area (Å²) in [5.74, 6) is -1.53. The number of hydrogen-bond donors (Lipinski definition) is 0. The second-order valence-corrected chi connectivity index (χ2v) is 7.39. The maximum Gasteiger partial charge on any atom is 0.336 e. The van der Waals surface area contributed by atoms with Gasteiger partial charge in [0, 0.05) is 30.0 Å². The molecule has 6 nitrogen and oxygen atoms in total. The van der Waals surface area contributed by atoms with Gasteiger partial charge in [-0.25, -0.2) is 9.59 Å². The van der Waals surface area contributed by atoms with E-state index < -0.39 is 17.9 Å². The van der Waals surface area contributed by atoms with E-state index in [1.54, 1.807) is 12.4 Å². The van der Waals surface area contributed by atoms with Crippen LogP contribution in [0.1, 0.15) is 24.3 Å². The highest BCUT2D eigenvalue weighted by atomic mass is 79.9. The molecule has 0 saturated carbocycles. The number of esters is 2. The van der Waals surface area contributed by atoms with Gasteiger partial charge in [-0.05, 0) is 30.5 Å². The smallest absolute Gasteiger partial charge is 0.336 e. The molecular formula is C20H22BrNO5. The highest BCUT2D eigenvalue weighted by Gasteiger charge is 2.35. The lowest BCUT2D eigenvalue weighted by Gasteiger charge is -2.31. The molecule has 3 rings (SSSR count). The van der Waals surface area contributed by atoms with Gasteiger partial charge in [-0.3, -0.25) is 0 Å². The Morgan fingerprint density at radius 3 is 2.37 bits per heavy atom. The third-order valence-corrected chi connectivity index (χ3v) is 5.19. The molecule has 1 saturated heterocycles. The van der Waals surface area contributed by atoms with Crippen molar-refractivity contribution >= 4 is 27.9 Å². The summed E-state index contributed by atoms with van der Waals surface area (Å²) in [4.78, 5) is 26.9. The van der Waals surface area contributed by atoms with E-state index in [0.29, 0.717) is 17.7 Å². The van der Waals surface area contributed by atoms with Gasteiger partial charge < -0.3 is 19.1 Å². The normalized spacial score (nSPS) is 20.1. The van der Waals surface area contributed by atoms with Crippen LogP contribution in [-0.2, 0) is 23.8 Å². The fraction of sp³-hybridized carbons (Fsp3) is 0.400.